The van der Waals surface area contributed by atoms with Crippen molar-refractivity contribution < 1.29 is 4.74 Å². The maximum Gasteiger partial charge on any atom is 0.192 e. The zero-order chi connectivity index (χ0) is 12.3. The minimum absolute atomic E-state index is 0.0612. The standard InChI is InChI=1S/C12H25N3O/c1-6-10(4)15-11(13)14-7-12(15,8-16-5)9(2)3/h9-10H,6-8H2,1-5H3,(H2,13,14). The molecule has 0 radical (unpaired) electrons. The highest BCUT2D eigenvalue weighted by molar-refractivity contribution is 5.81. The average molecular weight is 227 g/mol. The van der Waals surface area contributed by atoms with E-state index >= 15 is 0 Å². The summed E-state index contributed by atoms with van der Waals surface area (Å²) in [7, 11) is 1.74. The van der Waals surface area contributed by atoms with Crippen molar-refractivity contribution in [1.29, 1.82) is 0 Å². The van der Waals surface area contributed by atoms with Crippen LogP contribution in [0.4, 0.5) is 0 Å². The van der Waals surface area contributed by atoms with E-state index in [1.807, 2.05) is 0 Å². The van der Waals surface area contributed by atoms with Gasteiger partial charge in [0.15, 0.2) is 5.96 Å². The fraction of sp³-hybridized carbons (Fsp3) is 0.917. The molecule has 4 heteroatoms. The first kappa shape index (κ1) is 13.3. The molecule has 0 aromatic rings. The number of nitrogens with two attached hydrogens (primary N) is 1. The van der Waals surface area contributed by atoms with Crippen LogP contribution < -0.4 is 5.73 Å². The van der Waals surface area contributed by atoms with Crippen LogP contribution in [0.15, 0.2) is 4.99 Å². The van der Waals surface area contributed by atoms with Gasteiger partial charge in [0.1, 0.15) is 0 Å². The largest absolute Gasteiger partial charge is 0.382 e. The van der Waals surface area contributed by atoms with Crippen LogP contribution in [0.2, 0.25) is 0 Å². The second-order valence-electron chi connectivity index (χ2n) is 4.99. The van der Waals surface area contributed by atoms with E-state index in [-0.39, 0.29) is 5.54 Å². The lowest BCUT2D eigenvalue weighted by Crippen LogP contribution is -2.60. The van der Waals surface area contributed by atoms with Crippen molar-refractivity contribution in [1.82, 2.24) is 4.90 Å². The van der Waals surface area contributed by atoms with Gasteiger partial charge in [-0.2, -0.15) is 0 Å². The van der Waals surface area contributed by atoms with E-state index in [9.17, 15) is 0 Å². The fourth-order valence-electron chi connectivity index (χ4n) is 2.44. The van der Waals surface area contributed by atoms with Crippen LogP contribution in [-0.2, 0) is 4.74 Å². The summed E-state index contributed by atoms with van der Waals surface area (Å²) in [5.74, 6) is 1.13. The van der Waals surface area contributed by atoms with Crippen molar-refractivity contribution in [2.24, 2.45) is 16.6 Å². The Kier molecular flexibility index (Phi) is 4.19. The molecule has 2 unspecified atom stereocenters. The number of hydrogen-bond acceptors (Lipinski definition) is 4. The molecule has 2 N–H and O–H groups in total. The van der Waals surface area contributed by atoms with Crippen molar-refractivity contribution in [2.75, 3.05) is 20.3 Å². The second kappa shape index (κ2) is 5.04. The Hall–Kier alpha value is -0.770. The van der Waals surface area contributed by atoms with E-state index in [0.717, 1.165) is 13.0 Å². The lowest BCUT2D eigenvalue weighted by Gasteiger charge is -2.45. The van der Waals surface area contributed by atoms with Gasteiger partial charge in [0.05, 0.1) is 18.7 Å². The molecule has 1 rings (SSSR count). The monoisotopic (exact) mass is 227 g/mol. The van der Waals surface area contributed by atoms with Crippen LogP contribution in [0.1, 0.15) is 34.1 Å². The van der Waals surface area contributed by atoms with Gasteiger partial charge >= 0.3 is 0 Å². The smallest absolute Gasteiger partial charge is 0.192 e. The van der Waals surface area contributed by atoms with Crippen LogP contribution in [0.3, 0.4) is 0 Å². The van der Waals surface area contributed by atoms with E-state index in [0.29, 0.717) is 24.5 Å². The summed E-state index contributed by atoms with van der Waals surface area (Å²) in [6, 6.07) is 0.406. The van der Waals surface area contributed by atoms with E-state index < -0.39 is 0 Å². The molecular formula is C12H25N3O. The van der Waals surface area contributed by atoms with E-state index in [1.54, 1.807) is 7.11 Å². The SMILES string of the molecule is CCC(C)N1C(N)=NCC1(COC)C(C)C. The van der Waals surface area contributed by atoms with Crippen LogP contribution in [0, 0.1) is 5.92 Å². The van der Waals surface area contributed by atoms with Gasteiger partial charge in [-0.05, 0) is 19.3 Å². The predicted molar refractivity (Wildman–Crippen MR) is 67.5 cm³/mol. The van der Waals surface area contributed by atoms with Crippen molar-refractivity contribution in [3.8, 4) is 0 Å². The number of nitrogens with zero attached hydrogens (tertiary/aromatic N) is 2. The summed E-state index contributed by atoms with van der Waals surface area (Å²) < 4.78 is 5.39. The van der Waals surface area contributed by atoms with Gasteiger partial charge in [-0.15, -0.1) is 0 Å². The molecule has 0 bridgehead atoms. The molecule has 0 aliphatic carbocycles. The lowest BCUT2D eigenvalue weighted by molar-refractivity contribution is 0.0170. The maximum atomic E-state index is 6.02. The van der Waals surface area contributed by atoms with Crippen LogP contribution in [0.25, 0.3) is 0 Å². The molecule has 0 aromatic carbocycles. The summed E-state index contributed by atoms with van der Waals surface area (Å²) in [6.45, 7) is 10.2. The molecule has 0 amide bonds. The van der Waals surface area contributed by atoms with Crippen molar-refractivity contribution in [3.05, 3.63) is 0 Å². The summed E-state index contributed by atoms with van der Waals surface area (Å²) in [5.41, 5.74) is 5.96. The van der Waals surface area contributed by atoms with Gasteiger partial charge in [0.25, 0.3) is 0 Å². The zero-order valence-electron chi connectivity index (χ0n) is 11.2. The third-order valence-electron chi connectivity index (χ3n) is 3.74. The van der Waals surface area contributed by atoms with Crippen molar-refractivity contribution in [3.63, 3.8) is 0 Å². The summed E-state index contributed by atoms with van der Waals surface area (Å²) in [4.78, 5) is 6.67. The van der Waals surface area contributed by atoms with Gasteiger partial charge in [-0.25, -0.2) is 0 Å². The summed E-state index contributed by atoms with van der Waals surface area (Å²) in [5, 5.41) is 0. The van der Waals surface area contributed by atoms with Crippen LogP contribution in [-0.4, -0.2) is 42.7 Å². The summed E-state index contributed by atoms with van der Waals surface area (Å²) >= 11 is 0. The molecule has 1 aliphatic rings. The first-order chi connectivity index (χ1) is 7.49. The normalized spacial score (nSPS) is 27.4. The zero-order valence-corrected chi connectivity index (χ0v) is 11.2. The number of ether oxygens (including phenoxy) is 1. The molecule has 0 aromatic heterocycles. The Labute approximate surface area is 98.9 Å². The second-order valence-corrected chi connectivity index (χ2v) is 4.99. The number of guanidine groups is 1. The highest BCUT2D eigenvalue weighted by Gasteiger charge is 2.46. The quantitative estimate of drug-likeness (QED) is 0.773. The Balaban J connectivity index is 3.00. The van der Waals surface area contributed by atoms with Gasteiger partial charge in [-0.1, -0.05) is 20.8 Å². The van der Waals surface area contributed by atoms with Gasteiger partial charge in [0.2, 0.25) is 0 Å². The van der Waals surface area contributed by atoms with Gasteiger partial charge < -0.3 is 15.4 Å². The Morgan fingerprint density at radius 1 is 1.50 bits per heavy atom. The molecule has 1 heterocycles. The highest BCUT2D eigenvalue weighted by atomic mass is 16.5. The minimum atomic E-state index is -0.0612. The average Bonchev–Trinajstić information content (AvgIpc) is 2.57. The van der Waals surface area contributed by atoms with Gasteiger partial charge in [0, 0.05) is 13.2 Å². The summed E-state index contributed by atoms with van der Waals surface area (Å²) in [6.07, 6.45) is 1.06. The molecule has 2 atom stereocenters. The minimum Gasteiger partial charge on any atom is -0.382 e. The molecule has 1 aliphatic heterocycles. The third kappa shape index (κ3) is 2.03. The number of methoxy groups -OCH3 is 1. The van der Waals surface area contributed by atoms with Crippen LogP contribution >= 0.6 is 0 Å². The molecule has 0 fully saturated rings. The van der Waals surface area contributed by atoms with Crippen molar-refractivity contribution in [2.45, 2.75) is 45.7 Å². The highest BCUT2D eigenvalue weighted by Crippen LogP contribution is 2.32. The number of rotatable bonds is 5. The Morgan fingerprint density at radius 3 is 2.56 bits per heavy atom. The molecule has 0 spiro atoms. The van der Waals surface area contributed by atoms with E-state index in [4.69, 9.17) is 10.5 Å². The maximum absolute atomic E-state index is 6.02. The van der Waals surface area contributed by atoms with E-state index in [2.05, 4.69) is 37.6 Å². The molecule has 0 saturated heterocycles. The third-order valence-corrected chi connectivity index (χ3v) is 3.74. The molecule has 0 saturated carbocycles. The first-order valence-corrected chi connectivity index (χ1v) is 6.07. The Bertz CT molecular complexity index is 265. The molecule has 94 valence electrons. The lowest BCUT2D eigenvalue weighted by atomic mass is 9.85. The number of hydrogen-bond donors (Lipinski definition) is 1. The Morgan fingerprint density at radius 2 is 2.12 bits per heavy atom. The fourth-order valence-corrected chi connectivity index (χ4v) is 2.44. The molecule has 4 nitrogen and oxygen atoms in total. The van der Waals surface area contributed by atoms with Crippen molar-refractivity contribution >= 4 is 5.96 Å². The van der Waals surface area contributed by atoms with Crippen LogP contribution in [0.5, 0.6) is 0 Å². The van der Waals surface area contributed by atoms with Gasteiger partial charge in [-0.3, -0.25) is 4.99 Å². The molecular weight excluding hydrogens is 202 g/mol. The number of aliphatic imine (C=N–C) groups is 1. The topological polar surface area (TPSA) is 50.8 Å². The first-order valence-electron chi connectivity index (χ1n) is 6.07. The van der Waals surface area contributed by atoms with E-state index in [1.165, 1.54) is 0 Å². The predicted octanol–water partition coefficient (Wildman–Crippen LogP) is 1.46. The molecule has 16 heavy (non-hydrogen) atoms.